The van der Waals surface area contributed by atoms with Gasteiger partial charge in [-0.1, -0.05) is 35.5 Å². The third kappa shape index (κ3) is 3.89. The Balaban J connectivity index is 1.60. The van der Waals surface area contributed by atoms with Crippen LogP contribution in [0.4, 0.5) is 5.69 Å². The maximum atomic E-state index is 13.1. The number of amides is 2. The molecule has 140 valence electrons. The van der Waals surface area contributed by atoms with E-state index in [1.54, 1.807) is 0 Å². The van der Waals surface area contributed by atoms with Crippen molar-refractivity contribution in [3.05, 3.63) is 53.6 Å². The Morgan fingerprint density at radius 1 is 1.00 bits per heavy atom. The van der Waals surface area contributed by atoms with E-state index in [1.807, 2.05) is 48.5 Å². The van der Waals surface area contributed by atoms with Crippen LogP contribution in [0.2, 0.25) is 5.02 Å². The zero-order chi connectivity index (χ0) is 18.8. The highest BCUT2D eigenvalue weighted by Crippen LogP contribution is 2.38. The Labute approximate surface area is 167 Å². The summed E-state index contributed by atoms with van der Waals surface area (Å²) in [5.74, 6) is -0.299. The summed E-state index contributed by atoms with van der Waals surface area (Å²) < 4.78 is 5.36. The largest absolute Gasteiger partial charge is 0.379 e. The summed E-state index contributed by atoms with van der Waals surface area (Å²) in [5.41, 5.74) is 0.642. The Morgan fingerprint density at radius 2 is 1.70 bits per heavy atom. The summed E-state index contributed by atoms with van der Waals surface area (Å²) in [5, 5.41) is 0.672. The molecule has 2 aromatic rings. The molecule has 1 atom stereocenters. The summed E-state index contributed by atoms with van der Waals surface area (Å²) >= 11 is 7.47. The lowest BCUT2D eigenvalue weighted by atomic mass is 10.2. The maximum absolute atomic E-state index is 13.1. The summed E-state index contributed by atoms with van der Waals surface area (Å²) in [6.45, 7) is 2.55. The molecule has 2 fully saturated rings. The van der Waals surface area contributed by atoms with Gasteiger partial charge in [0.2, 0.25) is 5.91 Å². The van der Waals surface area contributed by atoms with Crippen molar-refractivity contribution in [1.82, 2.24) is 4.90 Å². The molecular formula is C20H19ClN2O3S. The number of carbonyl (C=O) groups is 2. The Kier molecular flexibility index (Phi) is 5.50. The van der Waals surface area contributed by atoms with Crippen LogP contribution in [0.5, 0.6) is 0 Å². The number of anilines is 1. The number of nitrogens with zero attached hydrogens (tertiary/aromatic N) is 2. The van der Waals surface area contributed by atoms with Crippen molar-refractivity contribution < 1.29 is 14.3 Å². The van der Waals surface area contributed by atoms with Gasteiger partial charge in [0, 0.05) is 27.9 Å². The predicted molar refractivity (Wildman–Crippen MR) is 105 cm³/mol. The number of carbonyl (C=O) groups excluding carboxylic acids is 2. The first-order chi connectivity index (χ1) is 13.1. The fourth-order valence-electron chi connectivity index (χ4n) is 3.40. The molecular weight excluding hydrogens is 384 g/mol. The third-order valence-corrected chi connectivity index (χ3v) is 6.08. The maximum Gasteiger partial charge on any atom is 0.251 e. The van der Waals surface area contributed by atoms with Gasteiger partial charge in [0.1, 0.15) is 0 Å². The molecule has 2 aliphatic rings. The number of hydrogen-bond acceptors (Lipinski definition) is 5. The monoisotopic (exact) mass is 402 g/mol. The SMILES string of the molecule is O=C1C[C@@H](N2CCOCC2)C(=O)N1c1ccccc1Sc1ccc(Cl)cc1. The molecule has 4 rings (SSSR count). The third-order valence-electron chi connectivity index (χ3n) is 4.76. The van der Waals surface area contributed by atoms with Crippen molar-refractivity contribution in [3.8, 4) is 0 Å². The number of ether oxygens (including phenoxy) is 1. The number of para-hydroxylation sites is 1. The van der Waals surface area contributed by atoms with Crippen LogP contribution in [-0.2, 0) is 14.3 Å². The first-order valence-corrected chi connectivity index (χ1v) is 10.0. The fraction of sp³-hybridized carbons (Fsp3) is 0.300. The van der Waals surface area contributed by atoms with Gasteiger partial charge in [0.05, 0.1) is 31.4 Å². The average molecular weight is 403 g/mol. The first kappa shape index (κ1) is 18.5. The number of imide groups is 1. The van der Waals surface area contributed by atoms with E-state index in [-0.39, 0.29) is 18.2 Å². The molecule has 0 aliphatic carbocycles. The number of hydrogen-bond donors (Lipinski definition) is 0. The summed E-state index contributed by atoms with van der Waals surface area (Å²) in [7, 11) is 0. The van der Waals surface area contributed by atoms with Crippen molar-refractivity contribution in [2.24, 2.45) is 0 Å². The second kappa shape index (κ2) is 8.02. The van der Waals surface area contributed by atoms with Crippen molar-refractivity contribution >= 4 is 40.9 Å². The lowest BCUT2D eigenvalue weighted by molar-refractivity contribution is -0.123. The molecule has 0 bridgehead atoms. The lowest BCUT2D eigenvalue weighted by Gasteiger charge is -2.30. The molecule has 27 heavy (non-hydrogen) atoms. The van der Waals surface area contributed by atoms with Gasteiger partial charge in [0.25, 0.3) is 5.91 Å². The van der Waals surface area contributed by atoms with Gasteiger partial charge in [-0.3, -0.25) is 14.5 Å². The van der Waals surface area contributed by atoms with Crippen molar-refractivity contribution in [3.63, 3.8) is 0 Å². The van der Waals surface area contributed by atoms with E-state index in [1.165, 1.54) is 16.7 Å². The molecule has 2 aliphatic heterocycles. The van der Waals surface area contributed by atoms with Crippen LogP contribution < -0.4 is 4.90 Å². The second-order valence-electron chi connectivity index (χ2n) is 6.46. The molecule has 0 radical (unpaired) electrons. The van der Waals surface area contributed by atoms with E-state index < -0.39 is 6.04 Å². The Morgan fingerprint density at radius 3 is 2.44 bits per heavy atom. The number of benzene rings is 2. The quantitative estimate of drug-likeness (QED) is 0.733. The van der Waals surface area contributed by atoms with E-state index in [0.717, 1.165) is 9.79 Å². The Hall–Kier alpha value is -1.86. The van der Waals surface area contributed by atoms with Gasteiger partial charge < -0.3 is 4.74 Å². The molecule has 2 saturated heterocycles. The summed E-state index contributed by atoms with van der Waals surface area (Å²) in [6, 6.07) is 14.6. The van der Waals surface area contributed by atoms with Crippen molar-refractivity contribution in [1.29, 1.82) is 0 Å². The zero-order valence-electron chi connectivity index (χ0n) is 14.6. The molecule has 2 aromatic carbocycles. The zero-order valence-corrected chi connectivity index (χ0v) is 16.2. The standard InChI is InChI=1S/C20H19ClN2O3S/c21-14-5-7-15(8-6-14)27-18-4-2-1-3-16(18)23-19(24)13-17(20(23)25)22-9-11-26-12-10-22/h1-8,17H,9-13H2/t17-/m1/s1. The number of rotatable bonds is 4. The van der Waals surface area contributed by atoms with Crippen LogP contribution >= 0.6 is 23.4 Å². The van der Waals surface area contributed by atoms with Gasteiger partial charge in [0.15, 0.2) is 0 Å². The molecule has 0 saturated carbocycles. The number of morpholine rings is 1. The first-order valence-electron chi connectivity index (χ1n) is 8.84. The van der Waals surface area contributed by atoms with E-state index in [2.05, 4.69) is 4.90 Å². The average Bonchev–Trinajstić information content (AvgIpc) is 2.99. The van der Waals surface area contributed by atoms with Gasteiger partial charge in [-0.15, -0.1) is 0 Å². The molecule has 0 unspecified atom stereocenters. The van der Waals surface area contributed by atoms with Gasteiger partial charge in [-0.2, -0.15) is 0 Å². The van der Waals surface area contributed by atoms with Gasteiger partial charge in [-0.25, -0.2) is 4.90 Å². The molecule has 0 spiro atoms. The number of halogens is 1. The Bertz CT molecular complexity index is 853. The van der Waals surface area contributed by atoms with Gasteiger partial charge >= 0.3 is 0 Å². The highest BCUT2D eigenvalue weighted by atomic mass is 35.5. The molecule has 2 amide bonds. The lowest BCUT2D eigenvalue weighted by Crippen LogP contribution is -2.47. The summed E-state index contributed by atoms with van der Waals surface area (Å²) in [6.07, 6.45) is 0.221. The van der Waals surface area contributed by atoms with Crippen LogP contribution in [0.1, 0.15) is 6.42 Å². The predicted octanol–water partition coefficient (Wildman–Crippen LogP) is 3.46. The smallest absolute Gasteiger partial charge is 0.251 e. The molecule has 5 nitrogen and oxygen atoms in total. The van der Waals surface area contributed by atoms with Crippen LogP contribution in [0.15, 0.2) is 58.3 Å². The van der Waals surface area contributed by atoms with Crippen LogP contribution in [0.3, 0.4) is 0 Å². The van der Waals surface area contributed by atoms with Gasteiger partial charge in [-0.05, 0) is 36.4 Å². The highest BCUT2D eigenvalue weighted by Gasteiger charge is 2.43. The van der Waals surface area contributed by atoms with Crippen molar-refractivity contribution in [2.75, 3.05) is 31.2 Å². The molecule has 0 aromatic heterocycles. The minimum atomic E-state index is -0.394. The minimum Gasteiger partial charge on any atom is -0.379 e. The molecule has 7 heteroatoms. The molecule has 2 heterocycles. The van der Waals surface area contributed by atoms with E-state index in [9.17, 15) is 9.59 Å². The van der Waals surface area contributed by atoms with E-state index in [0.29, 0.717) is 37.0 Å². The van der Waals surface area contributed by atoms with Crippen LogP contribution in [0.25, 0.3) is 0 Å². The topological polar surface area (TPSA) is 49.9 Å². The highest BCUT2D eigenvalue weighted by molar-refractivity contribution is 7.99. The van der Waals surface area contributed by atoms with E-state index >= 15 is 0 Å². The molecule has 0 N–H and O–H groups in total. The second-order valence-corrected chi connectivity index (χ2v) is 8.01. The minimum absolute atomic E-state index is 0.147. The van der Waals surface area contributed by atoms with Crippen LogP contribution in [-0.4, -0.2) is 49.1 Å². The normalized spacial score (nSPS) is 21.1. The fourth-order valence-corrected chi connectivity index (χ4v) is 4.46. The van der Waals surface area contributed by atoms with E-state index in [4.69, 9.17) is 16.3 Å². The van der Waals surface area contributed by atoms with Crippen molar-refractivity contribution in [2.45, 2.75) is 22.3 Å². The van der Waals surface area contributed by atoms with Crippen LogP contribution in [0, 0.1) is 0 Å². The summed E-state index contributed by atoms with van der Waals surface area (Å²) in [4.78, 5) is 31.0.